The third kappa shape index (κ3) is 2.84. The minimum atomic E-state index is -0.692. The van der Waals surface area contributed by atoms with E-state index in [9.17, 15) is 9.18 Å². The summed E-state index contributed by atoms with van der Waals surface area (Å²) < 4.78 is 19.0. The first-order valence-corrected chi connectivity index (χ1v) is 7.31. The number of carbonyl (C=O) groups is 1. The third-order valence-corrected chi connectivity index (χ3v) is 4.28. The number of pyridine rings is 1. The number of halogens is 1. The van der Waals surface area contributed by atoms with Gasteiger partial charge in [0, 0.05) is 19.3 Å². The second kappa shape index (κ2) is 5.87. The van der Waals surface area contributed by atoms with Crippen molar-refractivity contribution in [1.82, 2.24) is 4.98 Å². The predicted octanol–water partition coefficient (Wildman–Crippen LogP) is 1.76. The van der Waals surface area contributed by atoms with E-state index < -0.39 is 11.2 Å². The van der Waals surface area contributed by atoms with Crippen molar-refractivity contribution in [1.29, 1.82) is 0 Å². The zero-order valence-corrected chi connectivity index (χ0v) is 12.8. The molecule has 2 aromatic rings. The zero-order valence-electron chi connectivity index (χ0n) is 12.8. The molecule has 0 spiro atoms. The Morgan fingerprint density at radius 1 is 1.43 bits per heavy atom. The maximum Gasteiger partial charge on any atom is 0.227 e. The first kappa shape index (κ1) is 15.3. The van der Waals surface area contributed by atoms with Gasteiger partial charge in [-0.15, -0.1) is 0 Å². The van der Waals surface area contributed by atoms with Gasteiger partial charge >= 0.3 is 0 Å². The summed E-state index contributed by atoms with van der Waals surface area (Å²) in [6.45, 7) is 0.779. The molecule has 0 aliphatic carbocycles. The zero-order chi connectivity index (χ0) is 16.4. The number of amides is 1. The van der Waals surface area contributed by atoms with E-state index in [1.54, 1.807) is 13.2 Å². The second-order valence-electron chi connectivity index (χ2n) is 5.86. The highest BCUT2D eigenvalue weighted by Gasteiger charge is 2.48. The monoisotopic (exact) mass is 315 g/mol. The minimum Gasteiger partial charge on any atom is -0.497 e. The van der Waals surface area contributed by atoms with E-state index in [0.717, 1.165) is 11.3 Å². The largest absolute Gasteiger partial charge is 0.497 e. The average Bonchev–Trinajstić information content (AvgIpc) is 2.51. The highest BCUT2D eigenvalue weighted by Crippen LogP contribution is 2.38. The highest BCUT2D eigenvalue weighted by atomic mass is 19.1. The Labute approximate surface area is 133 Å². The van der Waals surface area contributed by atoms with Crippen molar-refractivity contribution in [3.8, 4) is 5.75 Å². The maximum absolute atomic E-state index is 13.8. The first-order chi connectivity index (χ1) is 11.0. The van der Waals surface area contributed by atoms with Gasteiger partial charge in [0.2, 0.25) is 5.91 Å². The quantitative estimate of drug-likeness (QED) is 0.913. The number of benzene rings is 1. The molecule has 0 atom stereocenters. The summed E-state index contributed by atoms with van der Waals surface area (Å²) >= 11 is 0. The van der Waals surface area contributed by atoms with Crippen molar-refractivity contribution in [2.75, 3.05) is 25.1 Å². The molecule has 1 saturated heterocycles. The van der Waals surface area contributed by atoms with Crippen LogP contribution in [0.15, 0.2) is 42.7 Å². The van der Waals surface area contributed by atoms with Crippen molar-refractivity contribution in [3.63, 3.8) is 0 Å². The average molecular weight is 315 g/mol. The molecular weight excluding hydrogens is 297 g/mol. The van der Waals surface area contributed by atoms with Gasteiger partial charge in [-0.3, -0.25) is 9.78 Å². The molecule has 120 valence electrons. The van der Waals surface area contributed by atoms with E-state index in [2.05, 4.69) is 4.98 Å². The molecule has 0 saturated carbocycles. The van der Waals surface area contributed by atoms with Crippen molar-refractivity contribution in [3.05, 3.63) is 54.1 Å². The lowest BCUT2D eigenvalue weighted by Crippen LogP contribution is -2.64. The molecule has 0 bridgehead atoms. The van der Waals surface area contributed by atoms with Crippen LogP contribution in [-0.2, 0) is 11.2 Å². The molecule has 1 amide bonds. The minimum absolute atomic E-state index is 0.369. The molecule has 3 rings (SSSR count). The number of ether oxygens (including phenoxy) is 1. The maximum atomic E-state index is 13.8. The predicted molar refractivity (Wildman–Crippen MR) is 84.7 cm³/mol. The molecule has 1 aliphatic heterocycles. The number of rotatable bonds is 5. The van der Waals surface area contributed by atoms with Crippen molar-refractivity contribution < 1.29 is 13.9 Å². The van der Waals surface area contributed by atoms with Gasteiger partial charge in [-0.2, -0.15) is 0 Å². The van der Waals surface area contributed by atoms with Crippen LogP contribution in [0.4, 0.5) is 10.1 Å². The Hall–Kier alpha value is -2.63. The number of nitrogens with two attached hydrogens (primary N) is 1. The number of primary amides is 1. The van der Waals surface area contributed by atoms with E-state index >= 15 is 0 Å². The summed E-state index contributed by atoms with van der Waals surface area (Å²) in [7, 11) is 1.60. The van der Waals surface area contributed by atoms with E-state index in [-0.39, 0.29) is 5.91 Å². The van der Waals surface area contributed by atoms with Crippen molar-refractivity contribution >= 4 is 11.6 Å². The van der Waals surface area contributed by atoms with E-state index in [1.165, 1.54) is 12.4 Å². The molecule has 6 heteroatoms. The number of aromatic nitrogens is 1. The van der Waals surface area contributed by atoms with Gasteiger partial charge in [0.05, 0.1) is 24.4 Å². The van der Waals surface area contributed by atoms with Crippen LogP contribution in [-0.4, -0.2) is 31.1 Å². The number of methoxy groups -OCH3 is 1. The Balaban J connectivity index is 1.78. The molecule has 0 unspecified atom stereocenters. The van der Waals surface area contributed by atoms with Gasteiger partial charge in [-0.25, -0.2) is 4.39 Å². The number of nitrogens with zero attached hydrogens (tertiary/aromatic N) is 2. The molecule has 1 fully saturated rings. The van der Waals surface area contributed by atoms with Crippen molar-refractivity contribution in [2.45, 2.75) is 6.42 Å². The normalized spacial score (nSPS) is 15.8. The van der Waals surface area contributed by atoms with Gasteiger partial charge in [-0.1, -0.05) is 12.1 Å². The summed E-state index contributed by atoms with van der Waals surface area (Å²) in [5, 5.41) is 0. The molecule has 23 heavy (non-hydrogen) atoms. The fraction of sp³-hybridized carbons (Fsp3) is 0.294. The lowest BCUT2D eigenvalue weighted by Gasteiger charge is -2.49. The van der Waals surface area contributed by atoms with Gasteiger partial charge in [0.1, 0.15) is 5.75 Å². The van der Waals surface area contributed by atoms with Crippen LogP contribution in [0.1, 0.15) is 5.56 Å². The van der Waals surface area contributed by atoms with Crippen LogP contribution < -0.4 is 15.4 Å². The van der Waals surface area contributed by atoms with Gasteiger partial charge in [-0.05, 0) is 30.2 Å². The Morgan fingerprint density at radius 2 is 2.22 bits per heavy atom. The summed E-state index contributed by atoms with van der Waals surface area (Å²) in [6, 6.07) is 9.15. The van der Waals surface area contributed by atoms with E-state index in [4.69, 9.17) is 10.5 Å². The summed E-state index contributed by atoms with van der Waals surface area (Å²) in [6.07, 6.45) is 3.20. The van der Waals surface area contributed by atoms with Crippen LogP contribution in [0.25, 0.3) is 0 Å². The van der Waals surface area contributed by atoms with Crippen LogP contribution in [0.2, 0.25) is 0 Å². The van der Waals surface area contributed by atoms with Crippen molar-refractivity contribution in [2.24, 2.45) is 11.1 Å². The SMILES string of the molecule is COc1cccc(CC2(C(N)=O)CN(c3ccncc3F)C2)c1. The molecule has 0 radical (unpaired) electrons. The standard InChI is InChI=1S/C17H18FN3O2/c1-23-13-4-2-3-12(7-13)8-17(16(19)22)10-21(11-17)15-5-6-20-9-14(15)18/h2-7,9H,8,10-11H2,1H3,(H2,19,22). The lowest BCUT2D eigenvalue weighted by molar-refractivity contribution is -0.129. The fourth-order valence-electron chi connectivity index (χ4n) is 3.01. The molecule has 2 heterocycles. The summed E-state index contributed by atoms with van der Waals surface area (Å²) in [5.74, 6) is -0.0311. The molecule has 5 nitrogen and oxygen atoms in total. The van der Waals surface area contributed by atoms with Gasteiger partial charge in [0.15, 0.2) is 5.82 Å². The number of anilines is 1. The Kier molecular flexibility index (Phi) is 3.90. The van der Waals surface area contributed by atoms with Crippen LogP contribution in [0.3, 0.4) is 0 Å². The molecular formula is C17H18FN3O2. The van der Waals surface area contributed by atoms with Gasteiger partial charge in [0.25, 0.3) is 0 Å². The topological polar surface area (TPSA) is 68.5 Å². The Morgan fingerprint density at radius 3 is 2.87 bits per heavy atom. The highest BCUT2D eigenvalue weighted by molar-refractivity contribution is 5.85. The Bertz CT molecular complexity index is 729. The van der Waals surface area contributed by atoms with Crippen LogP contribution in [0.5, 0.6) is 5.75 Å². The summed E-state index contributed by atoms with van der Waals surface area (Å²) in [5.41, 5.74) is 6.35. The number of hydrogen-bond acceptors (Lipinski definition) is 4. The number of carbonyl (C=O) groups excluding carboxylic acids is 1. The smallest absolute Gasteiger partial charge is 0.227 e. The van der Waals surface area contributed by atoms with E-state index in [1.807, 2.05) is 29.2 Å². The lowest BCUT2D eigenvalue weighted by atomic mass is 9.73. The van der Waals surface area contributed by atoms with Gasteiger partial charge < -0.3 is 15.4 Å². The number of hydrogen-bond donors (Lipinski definition) is 1. The summed E-state index contributed by atoms with van der Waals surface area (Å²) in [4.78, 5) is 17.5. The molecule has 1 aromatic heterocycles. The van der Waals surface area contributed by atoms with Crippen LogP contribution in [0, 0.1) is 11.2 Å². The first-order valence-electron chi connectivity index (χ1n) is 7.31. The molecule has 1 aliphatic rings. The molecule has 1 aromatic carbocycles. The second-order valence-corrected chi connectivity index (χ2v) is 5.86. The van der Waals surface area contributed by atoms with Crippen LogP contribution >= 0.6 is 0 Å². The third-order valence-electron chi connectivity index (χ3n) is 4.28. The van der Waals surface area contributed by atoms with E-state index in [0.29, 0.717) is 25.2 Å². The fourth-order valence-corrected chi connectivity index (χ4v) is 3.01. The molecule has 2 N–H and O–H groups in total.